The van der Waals surface area contributed by atoms with Crippen LogP contribution in [-0.2, 0) is 0 Å². The SMILES string of the molecule is O=C(O)c1c[nH]c2cc(I)ccc12. The first-order valence-electron chi connectivity index (χ1n) is 3.68. The van der Waals surface area contributed by atoms with E-state index >= 15 is 0 Å². The van der Waals surface area contributed by atoms with Crippen molar-refractivity contribution in [3.05, 3.63) is 33.5 Å². The maximum absolute atomic E-state index is 10.7. The molecule has 0 unspecified atom stereocenters. The molecule has 0 saturated carbocycles. The molecule has 1 aromatic heterocycles. The lowest BCUT2D eigenvalue weighted by molar-refractivity contribution is 0.0699. The third kappa shape index (κ3) is 1.41. The highest BCUT2D eigenvalue weighted by Gasteiger charge is 2.09. The van der Waals surface area contributed by atoms with Crippen LogP contribution >= 0.6 is 22.6 Å². The second-order valence-electron chi connectivity index (χ2n) is 2.70. The van der Waals surface area contributed by atoms with E-state index in [2.05, 4.69) is 27.6 Å². The molecule has 4 heteroatoms. The van der Waals surface area contributed by atoms with Crippen LogP contribution in [0.25, 0.3) is 10.9 Å². The number of aromatic amines is 1. The monoisotopic (exact) mass is 287 g/mol. The Labute approximate surface area is 87.9 Å². The summed E-state index contributed by atoms with van der Waals surface area (Å²) in [5, 5.41) is 9.58. The van der Waals surface area contributed by atoms with Crippen LogP contribution < -0.4 is 0 Å². The first kappa shape index (κ1) is 8.55. The van der Waals surface area contributed by atoms with Crippen molar-refractivity contribution >= 4 is 39.5 Å². The van der Waals surface area contributed by atoms with Crippen LogP contribution in [0.1, 0.15) is 10.4 Å². The number of carboxylic acid groups (broad SMARTS) is 1. The molecule has 0 aliphatic heterocycles. The number of fused-ring (bicyclic) bond motifs is 1. The van der Waals surface area contributed by atoms with Crippen LogP contribution in [0.3, 0.4) is 0 Å². The van der Waals surface area contributed by atoms with Crippen LogP contribution in [0.5, 0.6) is 0 Å². The first-order valence-corrected chi connectivity index (χ1v) is 4.76. The molecule has 0 fully saturated rings. The Hall–Kier alpha value is -1.04. The molecule has 0 spiro atoms. The predicted molar refractivity (Wildman–Crippen MR) is 58.0 cm³/mol. The van der Waals surface area contributed by atoms with Gasteiger partial charge in [0.25, 0.3) is 0 Å². The minimum Gasteiger partial charge on any atom is -0.478 e. The summed E-state index contributed by atoms with van der Waals surface area (Å²) in [6, 6.07) is 5.63. The zero-order chi connectivity index (χ0) is 9.42. The number of nitrogens with one attached hydrogen (secondary N) is 1. The second kappa shape index (κ2) is 3.02. The number of H-pyrrole nitrogens is 1. The van der Waals surface area contributed by atoms with Gasteiger partial charge >= 0.3 is 5.97 Å². The largest absolute Gasteiger partial charge is 0.478 e. The summed E-state index contributed by atoms with van der Waals surface area (Å²) in [5.41, 5.74) is 1.19. The molecule has 0 radical (unpaired) electrons. The van der Waals surface area contributed by atoms with Gasteiger partial charge in [-0.15, -0.1) is 0 Å². The van der Waals surface area contributed by atoms with Crippen molar-refractivity contribution < 1.29 is 9.90 Å². The Bertz CT molecular complexity index is 475. The number of benzene rings is 1. The number of carbonyl (C=O) groups is 1. The number of aromatic nitrogens is 1. The van der Waals surface area contributed by atoms with Gasteiger partial charge in [0.1, 0.15) is 0 Å². The molecule has 3 nitrogen and oxygen atoms in total. The van der Waals surface area contributed by atoms with Crippen molar-refractivity contribution in [1.29, 1.82) is 0 Å². The van der Waals surface area contributed by atoms with E-state index in [1.807, 2.05) is 18.2 Å². The molecule has 1 aromatic carbocycles. The molecule has 2 N–H and O–H groups in total. The van der Waals surface area contributed by atoms with Crippen LogP contribution in [0.4, 0.5) is 0 Å². The molecular formula is C9H6INO2. The summed E-state index contributed by atoms with van der Waals surface area (Å²) in [6.45, 7) is 0. The van der Waals surface area contributed by atoms with Gasteiger partial charge in [-0.2, -0.15) is 0 Å². The van der Waals surface area contributed by atoms with Gasteiger partial charge in [-0.05, 0) is 34.7 Å². The molecule has 0 atom stereocenters. The van der Waals surface area contributed by atoms with Gasteiger partial charge in [-0.25, -0.2) is 4.79 Å². The minimum atomic E-state index is -0.896. The fourth-order valence-electron chi connectivity index (χ4n) is 1.28. The van der Waals surface area contributed by atoms with Crippen molar-refractivity contribution in [3.8, 4) is 0 Å². The van der Waals surface area contributed by atoms with E-state index in [0.29, 0.717) is 5.56 Å². The molecular weight excluding hydrogens is 281 g/mol. The Balaban J connectivity index is 2.76. The first-order chi connectivity index (χ1) is 6.18. The number of aromatic carboxylic acids is 1. The number of hydrogen-bond acceptors (Lipinski definition) is 1. The maximum atomic E-state index is 10.7. The number of rotatable bonds is 1. The second-order valence-corrected chi connectivity index (χ2v) is 3.94. The highest BCUT2D eigenvalue weighted by molar-refractivity contribution is 14.1. The maximum Gasteiger partial charge on any atom is 0.337 e. The number of halogens is 1. The summed E-state index contributed by atoms with van der Waals surface area (Å²) in [6.07, 6.45) is 1.52. The van der Waals surface area contributed by atoms with E-state index in [1.165, 1.54) is 6.20 Å². The van der Waals surface area contributed by atoms with Gasteiger partial charge in [-0.3, -0.25) is 0 Å². The molecule has 66 valence electrons. The third-order valence-electron chi connectivity index (χ3n) is 1.87. The Kier molecular flexibility index (Phi) is 1.99. The lowest BCUT2D eigenvalue weighted by Crippen LogP contribution is -1.93. The molecule has 0 aliphatic rings. The summed E-state index contributed by atoms with van der Waals surface area (Å²) in [5.74, 6) is -0.896. The molecule has 2 aromatic rings. The van der Waals surface area contributed by atoms with E-state index in [0.717, 1.165) is 14.5 Å². The normalized spacial score (nSPS) is 10.5. The Morgan fingerprint density at radius 3 is 2.92 bits per heavy atom. The van der Waals surface area contributed by atoms with Crippen molar-refractivity contribution in [2.75, 3.05) is 0 Å². The smallest absolute Gasteiger partial charge is 0.337 e. The molecule has 0 bridgehead atoms. The molecule has 0 aliphatic carbocycles. The van der Waals surface area contributed by atoms with Crippen molar-refractivity contribution in [1.82, 2.24) is 4.98 Å². The molecule has 0 amide bonds. The van der Waals surface area contributed by atoms with E-state index in [1.54, 1.807) is 0 Å². The fourth-order valence-corrected chi connectivity index (χ4v) is 1.77. The highest BCUT2D eigenvalue weighted by atomic mass is 127. The van der Waals surface area contributed by atoms with E-state index in [-0.39, 0.29) is 0 Å². The number of hydrogen-bond donors (Lipinski definition) is 2. The Morgan fingerprint density at radius 2 is 2.23 bits per heavy atom. The average molecular weight is 287 g/mol. The van der Waals surface area contributed by atoms with Gasteiger partial charge in [0.2, 0.25) is 0 Å². The van der Waals surface area contributed by atoms with E-state index in [4.69, 9.17) is 5.11 Å². The third-order valence-corrected chi connectivity index (χ3v) is 2.55. The topological polar surface area (TPSA) is 53.1 Å². The lowest BCUT2D eigenvalue weighted by atomic mass is 10.2. The zero-order valence-electron chi connectivity index (χ0n) is 6.54. The van der Waals surface area contributed by atoms with Gasteiger partial charge in [-0.1, -0.05) is 6.07 Å². The number of carboxylic acids is 1. The highest BCUT2D eigenvalue weighted by Crippen LogP contribution is 2.20. The van der Waals surface area contributed by atoms with Crippen molar-refractivity contribution in [3.63, 3.8) is 0 Å². The van der Waals surface area contributed by atoms with Gasteiger partial charge in [0.15, 0.2) is 0 Å². The molecule has 0 saturated heterocycles. The van der Waals surface area contributed by atoms with Crippen LogP contribution in [-0.4, -0.2) is 16.1 Å². The summed E-state index contributed by atoms with van der Waals surface area (Å²) in [7, 11) is 0. The standard InChI is InChI=1S/C9H6INO2/c10-5-1-2-6-7(9(12)13)4-11-8(6)3-5/h1-4,11H,(H,12,13). The van der Waals surface area contributed by atoms with Crippen LogP contribution in [0.15, 0.2) is 24.4 Å². The van der Waals surface area contributed by atoms with Gasteiger partial charge in [0.05, 0.1) is 5.56 Å². The lowest BCUT2D eigenvalue weighted by Gasteiger charge is -1.92. The summed E-state index contributed by atoms with van der Waals surface area (Å²) < 4.78 is 1.09. The van der Waals surface area contributed by atoms with Crippen molar-refractivity contribution in [2.45, 2.75) is 0 Å². The fraction of sp³-hybridized carbons (Fsp3) is 0. The Morgan fingerprint density at radius 1 is 1.46 bits per heavy atom. The quantitative estimate of drug-likeness (QED) is 0.792. The minimum absolute atomic E-state index is 0.325. The summed E-state index contributed by atoms with van der Waals surface area (Å²) >= 11 is 2.19. The van der Waals surface area contributed by atoms with Crippen molar-refractivity contribution in [2.24, 2.45) is 0 Å². The van der Waals surface area contributed by atoms with Crippen LogP contribution in [0, 0.1) is 3.57 Å². The summed E-state index contributed by atoms with van der Waals surface area (Å²) in [4.78, 5) is 13.7. The average Bonchev–Trinajstić information content (AvgIpc) is 2.46. The molecule has 13 heavy (non-hydrogen) atoms. The zero-order valence-corrected chi connectivity index (χ0v) is 8.70. The van der Waals surface area contributed by atoms with E-state index < -0.39 is 5.97 Å². The predicted octanol–water partition coefficient (Wildman–Crippen LogP) is 2.47. The van der Waals surface area contributed by atoms with Gasteiger partial charge in [0, 0.05) is 20.7 Å². The molecule has 1 heterocycles. The van der Waals surface area contributed by atoms with Gasteiger partial charge < -0.3 is 10.1 Å². The van der Waals surface area contributed by atoms with E-state index in [9.17, 15) is 4.79 Å². The molecule has 2 rings (SSSR count). The van der Waals surface area contributed by atoms with Crippen LogP contribution in [0.2, 0.25) is 0 Å².